The second-order valence-corrected chi connectivity index (χ2v) is 8.12. The fraction of sp³-hybridized carbons (Fsp3) is 0.429. The van der Waals surface area contributed by atoms with Crippen molar-refractivity contribution in [1.82, 2.24) is 14.9 Å². The highest BCUT2D eigenvalue weighted by Crippen LogP contribution is 2.30. The number of carbonyl (C=O) groups is 2. The lowest BCUT2D eigenvalue weighted by atomic mass is 9.95. The van der Waals surface area contributed by atoms with E-state index in [9.17, 15) is 9.59 Å². The molecule has 6 heteroatoms. The number of benzene rings is 1. The fourth-order valence-corrected chi connectivity index (χ4v) is 3.34. The Balaban J connectivity index is 1.84. The number of carboxylic acid groups (broad SMARTS) is 1. The van der Waals surface area contributed by atoms with E-state index in [0.717, 1.165) is 35.7 Å². The summed E-state index contributed by atoms with van der Waals surface area (Å²) >= 11 is 0. The van der Waals surface area contributed by atoms with E-state index in [1.807, 2.05) is 38.7 Å². The van der Waals surface area contributed by atoms with Gasteiger partial charge in [-0.1, -0.05) is 32.9 Å². The Hall–Kier alpha value is -2.76. The summed E-state index contributed by atoms with van der Waals surface area (Å²) in [7, 11) is 0. The van der Waals surface area contributed by atoms with Crippen molar-refractivity contribution in [3.8, 4) is 11.3 Å². The van der Waals surface area contributed by atoms with E-state index in [1.54, 1.807) is 24.3 Å². The van der Waals surface area contributed by atoms with Crippen LogP contribution in [0, 0.1) is 12.3 Å². The van der Waals surface area contributed by atoms with Crippen LogP contribution in [0.3, 0.4) is 0 Å². The van der Waals surface area contributed by atoms with Gasteiger partial charge in [-0.2, -0.15) is 0 Å². The molecule has 1 saturated heterocycles. The third-order valence-corrected chi connectivity index (χ3v) is 4.78. The van der Waals surface area contributed by atoms with Gasteiger partial charge in [0.2, 0.25) is 5.91 Å². The van der Waals surface area contributed by atoms with E-state index >= 15 is 0 Å². The van der Waals surface area contributed by atoms with Gasteiger partial charge in [-0.3, -0.25) is 4.79 Å². The normalized spacial score (nSPS) is 17.2. The van der Waals surface area contributed by atoms with Crippen LogP contribution >= 0.6 is 0 Å². The van der Waals surface area contributed by atoms with Crippen molar-refractivity contribution in [2.45, 2.75) is 40.0 Å². The van der Waals surface area contributed by atoms with Gasteiger partial charge in [0.15, 0.2) is 0 Å². The average Bonchev–Trinajstić information content (AvgIpc) is 3.09. The maximum Gasteiger partial charge on any atom is 0.335 e. The van der Waals surface area contributed by atoms with E-state index in [2.05, 4.69) is 4.98 Å². The zero-order chi connectivity index (χ0) is 19.8. The Morgan fingerprint density at radius 1 is 1.15 bits per heavy atom. The van der Waals surface area contributed by atoms with Crippen LogP contribution in [0.4, 0.5) is 0 Å². The van der Waals surface area contributed by atoms with Crippen molar-refractivity contribution >= 4 is 11.9 Å². The van der Waals surface area contributed by atoms with Gasteiger partial charge in [0.1, 0.15) is 5.82 Å². The molecule has 1 aliphatic rings. The van der Waals surface area contributed by atoms with E-state index < -0.39 is 5.97 Å². The molecule has 2 aromatic rings. The number of aryl methyl sites for hydroxylation is 1. The van der Waals surface area contributed by atoms with Gasteiger partial charge in [0.05, 0.1) is 11.3 Å². The minimum Gasteiger partial charge on any atom is -0.478 e. The van der Waals surface area contributed by atoms with Gasteiger partial charge in [-0.25, -0.2) is 14.8 Å². The van der Waals surface area contributed by atoms with Crippen LogP contribution in [0.25, 0.3) is 11.3 Å². The molecular formula is C21H25N3O3. The molecule has 3 rings (SSSR count). The van der Waals surface area contributed by atoms with E-state index in [1.165, 1.54) is 0 Å². The molecule has 1 aliphatic heterocycles. The minimum absolute atomic E-state index is 0.119. The smallest absolute Gasteiger partial charge is 0.335 e. The molecule has 1 aromatic carbocycles. The van der Waals surface area contributed by atoms with Gasteiger partial charge < -0.3 is 10.0 Å². The highest BCUT2D eigenvalue weighted by atomic mass is 16.4. The lowest BCUT2D eigenvalue weighted by Gasteiger charge is -2.25. The fourth-order valence-electron chi connectivity index (χ4n) is 3.34. The predicted molar refractivity (Wildman–Crippen MR) is 103 cm³/mol. The van der Waals surface area contributed by atoms with Crippen LogP contribution in [0.2, 0.25) is 0 Å². The largest absolute Gasteiger partial charge is 0.478 e. The van der Waals surface area contributed by atoms with Crippen LogP contribution in [-0.4, -0.2) is 44.9 Å². The third-order valence-electron chi connectivity index (χ3n) is 4.78. The molecule has 1 unspecified atom stereocenters. The molecule has 0 bridgehead atoms. The SMILES string of the molecule is Cc1cc(-c2ccc(C(=O)O)cc2)nc(C2CCN(C(=O)C(C)(C)C)C2)n1. The molecule has 0 saturated carbocycles. The molecular weight excluding hydrogens is 342 g/mol. The summed E-state index contributed by atoms with van der Waals surface area (Å²) in [6, 6.07) is 8.58. The first-order chi connectivity index (χ1) is 12.6. The molecule has 27 heavy (non-hydrogen) atoms. The summed E-state index contributed by atoms with van der Waals surface area (Å²) in [6.45, 7) is 9.09. The summed E-state index contributed by atoms with van der Waals surface area (Å²) in [4.78, 5) is 34.8. The Bertz CT molecular complexity index is 869. The maximum absolute atomic E-state index is 12.5. The van der Waals surface area contributed by atoms with Crippen molar-refractivity contribution in [2.24, 2.45) is 5.41 Å². The Kier molecular flexibility index (Phi) is 5.00. The second kappa shape index (κ2) is 7.10. The number of rotatable bonds is 3. The number of carbonyl (C=O) groups excluding carboxylic acids is 1. The predicted octanol–water partition coefficient (Wildman–Crippen LogP) is 3.51. The molecule has 0 aliphatic carbocycles. The number of carboxylic acids is 1. The molecule has 1 amide bonds. The number of aromatic nitrogens is 2. The highest BCUT2D eigenvalue weighted by Gasteiger charge is 2.34. The zero-order valence-corrected chi connectivity index (χ0v) is 16.2. The van der Waals surface area contributed by atoms with Crippen molar-refractivity contribution in [3.63, 3.8) is 0 Å². The van der Waals surface area contributed by atoms with Crippen molar-refractivity contribution in [2.75, 3.05) is 13.1 Å². The average molecular weight is 367 g/mol. The minimum atomic E-state index is -0.948. The molecule has 1 aromatic heterocycles. The van der Waals surface area contributed by atoms with Crippen LogP contribution in [0.1, 0.15) is 55.0 Å². The topological polar surface area (TPSA) is 83.4 Å². The second-order valence-electron chi connectivity index (χ2n) is 8.12. The van der Waals surface area contributed by atoms with Crippen molar-refractivity contribution < 1.29 is 14.7 Å². The maximum atomic E-state index is 12.5. The first kappa shape index (κ1) is 19.0. The number of aromatic carboxylic acids is 1. The summed E-state index contributed by atoms with van der Waals surface area (Å²) in [6.07, 6.45) is 0.850. The summed E-state index contributed by atoms with van der Waals surface area (Å²) in [5.41, 5.74) is 2.34. The number of amides is 1. The van der Waals surface area contributed by atoms with Gasteiger partial charge in [-0.05, 0) is 31.5 Å². The van der Waals surface area contributed by atoms with Gasteiger partial charge in [0, 0.05) is 35.7 Å². The summed E-state index contributed by atoms with van der Waals surface area (Å²) in [5, 5.41) is 9.05. The molecule has 1 atom stereocenters. The molecule has 142 valence electrons. The first-order valence-corrected chi connectivity index (χ1v) is 9.14. The van der Waals surface area contributed by atoms with Crippen LogP contribution in [-0.2, 0) is 4.79 Å². The lowest BCUT2D eigenvalue weighted by molar-refractivity contribution is -0.138. The molecule has 1 N–H and O–H groups in total. The van der Waals surface area contributed by atoms with Crippen LogP contribution in [0.5, 0.6) is 0 Å². The van der Waals surface area contributed by atoms with Crippen LogP contribution < -0.4 is 0 Å². The molecule has 6 nitrogen and oxygen atoms in total. The van der Waals surface area contributed by atoms with Crippen molar-refractivity contribution in [3.05, 3.63) is 47.4 Å². The van der Waals surface area contributed by atoms with Crippen LogP contribution in [0.15, 0.2) is 30.3 Å². The van der Waals surface area contributed by atoms with Crippen molar-refractivity contribution in [1.29, 1.82) is 0 Å². The van der Waals surface area contributed by atoms with E-state index in [-0.39, 0.29) is 22.8 Å². The Labute approximate surface area is 159 Å². The number of hydrogen-bond donors (Lipinski definition) is 1. The molecule has 0 spiro atoms. The summed E-state index contributed by atoms with van der Waals surface area (Å²) < 4.78 is 0. The highest BCUT2D eigenvalue weighted by molar-refractivity contribution is 5.88. The van der Waals surface area contributed by atoms with E-state index in [0.29, 0.717) is 6.54 Å². The monoisotopic (exact) mass is 367 g/mol. The lowest BCUT2D eigenvalue weighted by Crippen LogP contribution is -2.37. The number of likely N-dealkylation sites (tertiary alicyclic amines) is 1. The van der Waals surface area contributed by atoms with Gasteiger partial charge in [-0.15, -0.1) is 0 Å². The third kappa shape index (κ3) is 4.15. The van der Waals surface area contributed by atoms with Gasteiger partial charge in [0.25, 0.3) is 0 Å². The van der Waals surface area contributed by atoms with E-state index in [4.69, 9.17) is 10.1 Å². The molecule has 1 fully saturated rings. The first-order valence-electron chi connectivity index (χ1n) is 9.14. The summed E-state index contributed by atoms with van der Waals surface area (Å²) in [5.74, 6) is 0.0718. The Morgan fingerprint density at radius 3 is 2.41 bits per heavy atom. The molecule has 0 radical (unpaired) electrons. The number of nitrogens with zero attached hydrogens (tertiary/aromatic N) is 3. The zero-order valence-electron chi connectivity index (χ0n) is 16.2. The van der Waals surface area contributed by atoms with Gasteiger partial charge >= 0.3 is 5.97 Å². The number of hydrogen-bond acceptors (Lipinski definition) is 4. The molecule has 2 heterocycles. The standard InChI is InChI=1S/C21H25N3O3/c1-13-11-17(14-5-7-15(8-6-14)19(25)26)23-18(22-13)16-9-10-24(12-16)20(27)21(2,3)4/h5-8,11,16H,9-10,12H2,1-4H3,(H,25,26). The Morgan fingerprint density at radius 2 is 1.81 bits per heavy atom. The quantitative estimate of drug-likeness (QED) is 0.897.